The van der Waals surface area contributed by atoms with Crippen LogP contribution in [0, 0.1) is 18.3 Å². The van der Waals surface area contributed by atoms with Gasteiger partial charge in [-0.3, -0.25) is 4.79 Å². The zero-order valence-electron chi connectivity index (χ0n) is 23.2. The summed E-state index contributed by atoms with van der Waals surface area (Å²) in [5.74, 6) is 1.78. The van der Waals surface area contributed by atoms with Crippen LogP contribution in [0.3, 0.4) is 0 Å². The molecule has 2 aromatic heterocycles. The predicted molar refractivity (Wildman–Crippen MR) is 154 cm³/mol. The van der Waals surface area contributed by atoms with Gasteiger partial charge in [-0.15, -0.1) is 0 Å². The van der Waals surface area contributed by atoms with E-state index in [1.54, 1.807) is 11.1 Å². The molecular weight excluding hydrogens is 502 g/mol. The normalized spacial score (nSPS) is 18.3. The molecule has 5 heterocycles. The third-order valence-electron chi connectivity index (χ3n) is 8.53. The second-order valence-electron chi connectivity index (χ2n) is 11.2. The molecule has 0 radical (unpaired) electrons. The number of furan rings is 1. The van der Waals surface area contributed by atoms with E-state index >= 15 is 0 Å². The highest BCUT2D eigenvalue weighted by Gasteiger charge is 2.27. The average molecular weight is 540 g/mol. The number of nitriles is 1. The topological polar surface area (TPSA) is 102 Å². The van der Waals surface area contributed by atoms with Crippen LogP contribution in [0.2, 0.25) is 0 Å². The lowest BCUT2D eigenvalue weighted by molar-refractivity contribution is -0.131. The van der Waals surface area contributed by atoms with Crippen molar-refractivity contribution < 1.29 is 9.21 Å². The molecule has 208 valence electrons. The van der Waals surface area contributed by atoms with Gasteiger partial charge in [-0.05, 0) is 93.6 Å². The van der Waals surface area contributed by atoms with Crippen molar-refractivity contribution >= 4 is 23.2 Å². The maximum atomic E-state index is 12.2. The van der Waals surface area contributed by atoms with Crippen molar-refractivity contribution in [1.82, 2.24) is 19.8 Å². The number of hydrogen-bond acceptors (Lipinski definition) is 8. The third-order valence-corrected chi connectivity index (χ3v) is 8.53. The third kappa shape index (κ3) is 5.68. The Bertz CT molecular complexity index is 1380. The molecule has 0 saturated carbocycles. The standard InChI is InChI=1S/C31H37N7O2/c1-22-20-33-31(35-30(22)27-19-23-10-16-38(21-28(23)40-27)29(39)9-13-32)34-24-5-7-25(8-6-24)37-17-11-26(12-18-37)36-14-3-2-4-15-36/h5-8,19-20,26H,2-4,9-12,14-18,21H2,1H3,(H,33,34,35). The number of likely N-dealkylation sites (tertiary alicyclic amines) is 1. The summed E-state index contributed by atoms with van der Waals surface area (Å²) in [4.78, 5) is 28.3. The molecule has 1 amide bonds. The minimum absolute atomic E-state index is 0.110. The molecule has 0 unspecified atom stereocenters. The van der Waals surface area contributed by atoms with Crippen molar-refractivity contribution in [3.8, 4) is 17.5 Å². The van der Waals surface area contributed by atoms with Crippen LogP contribution in [-0.2, 0) is 17.8 Å². The highest BCUT2D eigenvalue weighted by atomic mass is 16.3. The number of hydrogen-bond donors (Lipinski definition) is 1. The van der Waals surface area contributed by atoms with Gasteiger partial charge in [0.25, 0.3) is 0 Å². The molecule has 0 aliphatic carbocycles. The van der Waals surface area contributed by atoms with E-state index in [1.165, 1.54) is 50.9 Å². The molecule has 3 aliphatic rings. The lowest BCUT2D eigenvalue weighted by atomic mass is 9.99. The SMILES string of the molecule is Cc1cnc(Nc2ccc(N3CCC(N4CCCCC4)CC3)cc2)nc1-c1cc2c(o1)CN(C(=O)CC#N)CC2. The van der Waals surface area contributed by atoms with Gasteiger partial charge in [0.05, 0.1) is 12.6 Å². The van der Waals surface area contributed by atoms with E-state index in [1.807, 2.05) is 19.1 Å². The Balaban J connectivity index is 1.09. The van der Waals surface area contributed by atoms with Gasteiger partial charge in [-0.2, -0.15) is 5.26 Å². The summed E-state index contributed by atoms with van der Waals surface area (Å²) in [5, 5.41) is 12.2. The van der Waals surface area contributed by atoms with Crippen LogP contribution in [0.4, 0.5) is 17.3 Å². The summed E-state index contributed by atoms with van der Waals surface area (Å²) in [6.45, 7) is 7.71. The molecule has 40 heavy (non-hydrogen) atoms. The Morgan fingerprint density at radius 3 is 2.62 bits per heavy atom. The molecule has 0 bridgehead atoms. The monoisotopic (exact) mass is 539 g/mol. The summed E-state index contributed by atoms with van der Waals surface area (Å²) < 4.78 is 6.16. The number of aryl methyl sites for hydroxylation is 1. The summed E-state index contributed by atoms with van der Waals surface area (Å²) >= 11 is 0. The predicted octanol–water partition coefficient (Wildman–Crippen LogP) is 5.04. The maximum absolute atomic E-state index is 12.2. The number of amides is 1. The van der Waals surface area contributed by atoms with E-state index in [0.29, 0.717) is 31.2 Å². The van der Waals surface area contributed by atoms with Crippen LogP contribution in [0.25, 0.3) is 11.5 Å². The first-order valence-electron chi connectivity index (χ1n) is 14.5. The first-order chi connectivity index (χ1) is 19.6. The molecule has 1 aromatic carbocycles. The second-order valence-corrected chi connectivity index (χ2v) is 11.2. The Labute approximate surface area is 235 Å². The molecule has 6 rings (SSSR count). The Hall–Kier alpha value is -3.90. The van der Waals surface area contributed by atoms with Gasteiger partial charge < -0.3 is 24.4 Å². The number of rotatable bonds is 6. The lowest BCUT2D eigenvalue weighted by Gasteiger charge is -2.41. The molecule has 1 N–H and O–H groups in total. The minimum Gasteiger partial charge on any atom is -0.457 e. The molecule has 0 atom stereocenters. The summed E-state index contributed by atoms with van der Waals surface area (Å²) in [7, 11) is 0. The number of carbonyl (C=O) groups is 1. The molecule has 9 nitrogen and oxygen atoms in total. The fourth-order valence-electron chi connectivity index (χ4n) is 6.24. The van der Waals surface area contributed by atoms with E-state index in [9.17, 15) is 4.79 Å². The van der Waals surface area contributed by atoms with Crippen molar-refractivity contribution in [2.75, 3.05) is 42.9 Å². The first-order valence-corrected chi connectivity index (χ1v) is 14.5. The van der Waals surface area contributed by atoms with Gasteiger partial charge in [0.2, 0.25) is 11.9 Å². The minimum atomic E-state index is -0.163. The highest BCUT2D eigenvalue weighted by molar-refractivity contribution is 5.78. The summed E-state index contributed by atoms with van der Waals surface area (Å²) in [6, 6.07) is 13.2. The van der Waals surface area contributed by atoms with E-state index in [-0.39, 0.29) is 12.3 Å². The molecular formula is C31H37N7O2. The van der Waals surface area contributed by atoms with Crippen LogP contribution in [0.5, 0.6) is 0 Å². The number of anilines is 3. The zero-order chi connectivity index (χ0) is 27.5. The highest BCUT2D eigenvalue weighted by Crippen LogP contribution is 2.32. The largest absolute Gasteiger partial charge is 0.457 e. The average Bonchev–Trinajstić information content (AvgIpc) is 3.43. The summed E-state index contributed by atoms with van der Waals surface area (Å²) in [5.41, 5.74) is 4.93. The Morgan fingerprint density at radius 2 is 1.88 bits per heavy atom. The van der Waals surface area contributed by atoms with Gasteiger partial charge in [-0.25, -0.2) is 9.97 Å². The van der Waals surface area contributed by atoms with E-state index in [0.717, 1.165) is 47.4 Å². The van der Waals surface area contributed by atoms with Crippen LogP contribution in [-0.4, -0.2) is 64.4 Å². The molecule has 9 heteroatoms. The molecule has 2 saturated heterocycles. The number of carbonyl (C=O) groups excluding carboxylic acids is 1. The van der Waals surface area contributed by atoms with Crippen LogP contribution < -0.4 is 10.2 Å². The number of nitrogens with one attached hydrogen (secondary N) is 1. The fourth-order valence-corrected chi connectivity index (χ4v) is 6.24. The Kier molecular flexibility index (Phi) is 7.69. The number of benzene rings is 1. The van der Waals surface area contributed by atoms with Crippen molar-refractivity contribution in [2.24, 2.45) is 0 Å². The van der Waals surface area contributed by atoms with E-state index in [2.05, 4.69) is 44.4 Å². The van der Waals surface area contributed by atoms with Crippen LogP contribution in [0.1, 0.15) is 55.4 Å². The molecule has 3 aliphatic heterocycles. The van der Waals surface area contributed by atoms with Gasteiger partial charge in [-0.1, -0.05) is 6.42 Å². The molecule has 2 fully saturated rings. The van der Waals surface area contributed by atoms with Gasteiger partial charge >= 0.3 is 0 Å². The number of piperidine rings is 2. The number of nitrogens with zero attached hydrogens (tertiary/aromatic N) is 6. The number of fused-ring (bicyclic) bond motifs is 1. The second kappa shape index (κ2) is 11.7. The smallest absolute Gasteiger partial charge is 0.237 e. The molecule has 3 aromatic rings. The van der Waals surface area contributed by atoms with Crippen LogP contribution >= 0.6 is 0 Å². The summed E-state index contributed by atoms with van der Waals surface area (Å²) in [6.07, 6.45) is 8.98. The quantitative estimate of drug-likeness (QED) is 0.465. The van der Waals surface area contributed by atoms with Gasteiger partial charge in [0.1, 0.15) is 17.9 Å². The van der Waals surface area contributed by atoms with Crippen molar-refractivity contribution in [3.05, 3.63) is 53.4 Å². The Morgan fingerprint density at radius 1 is 1.10 bits per heavy atom. The molecule has 0 spiro atoms. The van der Waals surface area contributed by atoms with Crippen molar-refractivity contribution in [2.45, 2.75) is 64.5 Å². The number of aromatic nitrogens is 2. The lowest BCUT2D eigenvalue weighted by Crippen LogP contribution is -2.46. The first kappa shape index (κ1) is 26.3. The van der Waals surface area contributed by atoms with E-state index < -0.39 is 0 Å². The zero-order valence-corrected chi connectivity index (χ0v) is 23.2. The van der Waals surface area contributed by atoms with Crippen LogP contribution in [0.15, 0.2) is 40.9 Å². The maximum Gasteiger partial charge on any atom is 0.237 e. The van der Waals surface area contributed by atoms with Gasteiger partial charge in [0, 0.05) is 43.2 Å². The van der Waals surface area contributed by atoms with Crippen molar-refractivity contribution in [1.29, 1.82) is 5.26 Å². The van der Waals surface area contributed by atoms with Crippen molar-refractivity contribution in [3.63, 3.8) is 0 Å². The fraction of sp³-hybridized carbons (Fsp3) is 0.484. The van der Waals surface area contributed by atoms with E-state index in [4.69, 9.17) is 14.7 Å². The van der Waals surface area contributed by atoms with Gasteiger partial charge in [0.15, 0.2) is 5.76 Å².